The van der Waals surface area contributed by atoms with Gasteiger partial charge >= 0.3 is 0 Å². The van der Waals surface area contributed by atoms with Crippen LogP contribution >= 0.6 is 0 Å². The van der Waals surface area contributed by atoms with Crippen LogP contribution in [0.15, 0.2) is 53.4 Å². The molecule has 7 nitrogen and oxygen atoms in total. The van der Waals surface area contributed by atoms with Crippen LogP contribution in [0.25, 0.3) is 0 Å². The zero-order chi connectivity index (χ0) is 20.1. The fourth-order valence-corrected chi connectivity index (χ4v) is 4.79. The number of carbonyl (C=O) groups is 1. The fraction of sp³-hybridized carbons (Fsp3) is 0.350. The van der Waals surface area contributed by atoms with Gasteiger partial charge in [-0.05, 0) is 48.4 Å². The van der Waals surface area contributed by atoms with E-state index < -0.39 is 15.1 Å². The molecule has 2 aromatic rings. The van der Waals surface area contributed by atoms with Crippen LogP contribution in [-0.4, -0.2) is 56.4 Å². The lowest BCUT2D eigenvalue weighted by Gasteiger charge is -2.17. The van der Waals surface area contributed by atoms with E-state index in [1.54, 1.807) is 36.4 Å². The number of likely N-dealkylation sites (tertiary alicyclic amines) is 1. The SMILES string of the molecule is COc1ccc(S(=O)(=O)C2CCN(C(=O)COc3ccc(CO)cc3)C2)cc1. The number of aliphatic hydroxyl groups excluding tert-OH is 1. The standard InChI is InChI=1S/C20H23NO6S/c1-26-16-6-8-18(9-7-16)28(24,25)19-10-11-21(12-19)20(23)14-27-17-4-2-15(13-22)3-5-17/h2-9,19,22H,10-14H2,1H3. The monoisotopic (exact) mass is 405 g/mol. The van der Waals surface area contributed by atoms with Crippen molar-refractivity contribution in [1.82, 2.24) is 4.90 Å². The van der Waals surface area contributed by atoms with Gasteiger partial charge in [0.2, 0.25) is 0 Å². The van der Waals surface area contributed by atoms with Crippen LogP contribution < -0.4 is 9.47 Å². The Morgan fingerprint density at radius 2 is 1.75 bits per heavy atom. The summed E-state index contributed by atoms with van der Waals surface area (Å²) in [5.74, 6) is 0.858. The Morgan fingerprint density at radius 3 is 2.36 bits per heavy atom. The third-order valence-corrected chi connectivity index (χ3v) is 6.98. The van der Waals surface area contributed by atoms with Gasteiger partial charge in [0.05, 0.1) is 23.9 Å². The molecular formula is C20H23NO6S. The zero-order valence-corrected chi connectivity index (χ0v) is 16.4. The van der Waals surface area contributed by atoms with Gasteiger partial charge < -0.3 is 19.5 Å². The summed E-state index contributed by atoms with van der Waals surface area (Å²) in [4.78, 5) is 14.1. The first-order chi connectivity index (χ1) is 13.4. The molecule has 1 saturated heterocycles. The summed E-state index contributed by atoms with van der Waals surface area (Å²) >= 11 is 0. The largest absolute Gasteiger partial charge is 0.497 e. The molecule has 1 aliphatic rings. The van der Waals surface area contributed by atoms with Crippen molar-refractivity contribution in [2.45, 2.75) is 23.2 Å². The molecular weight excluding hydrogens is 382 g/mol. The number of carbonyl (C=O) groups excluding carboxylic acids is 1. The average molecular weight is 405 g/mol. The van der Waals surface area contributed by atoms with E-state index in [-0.39, 0.29) is 30.6 Å². The molecule has 1 atom stereocenters. The highest BCUT2D eigenvalue weighted by Crippen LogP contribution is 2.25. The topological polar surface area (TPSA) is 93.1 Å². The lowest BCUT2D eigenvalue weighted by atomic mass is 10.2. The number of methoxy groups -OCH3 is 1. The minimum absolute atomic E-state index is 0.0585. The molecule has 1 fully saturated rings. The molecule has 1 N–H and O–H groups in total. The Kier molecular flexibility index (Phi) is 6.21. The van der Waals surface area contributed by atoms with Gasteiger partial charge in [0.25, 0.3) is 5.91 Å². The van der Waals surface area contributed by atoms with E-state index in [4.69, 9.17) is 14.6 Å². The molecule has 0 aromatic heterocycles. The Morgan fingerprint density at radius 1 is 1.11 bits per heavy atom. The van der Waals surface area contributed by atoms with Gasteiger partial charge in [0.15, 0.2) is 16.4 Å². The van der Waals surface area contributed by atoms with E-state index in [2.05, 4.69) is 0 Å². The number of aliphatic hydroxyl groups is 1. The molecule has 2 aromatic carbocycles. The summed E-state index contributed by atoms with van der Waals surface area (Å²) in [5, 5.41) is 8.40. The first-order valence-electron chi connectivity index (χ1n) is 8.92. The Hall–Kier alpha value is -2.58. The van der Waals surface area contributed by atoms with Gasteiger partial charge in [-0.25, -0.2) is 8.42 Å². The third kappa shape index (κ3) is 4.45. The van der Waals surface area contributed by atoms with Crippen molar-refractivity contribution in [2.24, 2.45) is 0 Å². The van der Waals surface area contributed by atoms with Gasteiger partial charge in [-0.1, -0.05) is 12.1 Å². The van der Waals surface area contributed by atoms with Crippen molar-refractivity contribution >= 4 is 15.7 Å². The highest BCUT2D eigenvalue weighted by molar-refractivity contribution is 7.92. The molecule has 1 aliphatic heterocycles. The number of amides is 1. The van der Waals surface area contributed by atoms with Crippen LogP contribution in [0, 0.1) is 0 Å². The quantitative estimate of drug-likeness (QED) is 0.753. The maximum absolute atomic E-state index is 12.8. The highest BCUT2D eigenvalue weighted by Gasteiger charge is 2.36. The maximum atomic E-state index is 12.8. The van der Waals surface area contributed by atoms with E-state index in [0.29, 0.717) is 24.5 Å². The Bertz CT molecular complexity index is 909. The van der Waals surface area contributed by atoms with Crippen LogP contribution in [0.5, 0.6) is 11.5 Å². The summed E-state index contributed by atoms with van der Waals surface area (Å²) in [6.07, 6.45) is 0.394. The first kappa shape index (κ1) is 20.2. The number of hydrogen-bond acceptors (Lipinski definition) is 6. The number of ether oxygens (including phenoxy) is 2. The molecule has 150 valence electrons. The molecule has 1 unspecified atom stereocenters. The minimum Gasteiger partial charge on any atom is -0.497 e. The summed E-state index contributed by atoms with van der Waals surface area (Å²) in [5.41, 5.74) is 0.754. The third-order valence-electron chi connectivity index (χ3n) is 4.79. The second-order valence-electron chi connectivity index (χ2n) is 6.56. The fourth-order valence-electron chi connectivity index (χ4n) is 3.09. The predicted molar refractivity (Wildman–Crippen MR) is 103 cm³/mol. The highest BCUT2D eigenvalue weighted by atomic mass is 32.2. The van der Waals surface area contributed by atoms with Crippen molar-refractivity contribution in [3.63, 3.8) is 0 Å². The van der Waals surface area contributed by atoms with E-state index in [1.165, 1.54) is 24.1 Å². The number of hydrogen-bond donors (Lipinski definition) is 1. The van der Waals surface area contributed by atoms with E-state index >= 15 is 0 Å². The minimum atomic E-state index is -3.52. The second-order valence-corrected chi connectivity index (χ2v) is 8.79. The number of sulfone groups is 1. The molecule has 1 heterocycles. The Labute approximate surface area is 164 Å². The normalized spacial score (nSPS) is 16.8. The van der Waals surface area contributed by atoms with Crippen LogP contribution in [0.1, 0.15) is 12.0 Å². The molecule has 0 aliphatic carbocycles. The number of nitrogens with zero attached hydrogens (tertiary/aromatic N) is 1. The molecule has 0 bridgehead atoms. The van der Waals surface area contributed by atoms with E-state index in [0.717, 1.165) is 5.56 Å². The maximum Gasteiger partial charge on any atom is 0.260 e. The van der Waals surface area contributed by atoms with Gasteiger partial charge in [0.1, 0.15) is 11.5 Å². The van der Waals surface area contributed by atoms with Gasteiger partial charge in [-0.2, -0.15) is 0 Å². The molecule has 28 heavy (non-hydrogen) atoms. The second kappa shape index (κ2) is 8.62. The van der Waals surface area contributed by atoms with E-state index in [1.807, 2.05) is 0 Å². The van der Waals surface area contributed by atoms with Crippen molar-refractivity contribution in [1.29, 1.82) is 0 Å². The number of rotatable bonds is 7. The van der Waals surface area contributed by atoms with Crippen molar-refractivity contribution in [3.8, 4) is 11.5 Å². The van der Waals surface area contributed by atoms with E-state index in [9.17, 15) is 13.2 Å². The van der Waals surface area contributed by atoms with Crippen molar-refractivity contribution < 1.29 is 27.8 Å². The van der Waals surface area contributed by atoms with Crippen LogP contribution in [0.2, 0.25) is 0 Å². The molecule has 0 spiro atoms. The van der Waals surface area contributed by atoms with Crippen molar-refractivity contribution in [2.75, 3.05) is 26.8 Å². The molecule has 8 heteroatoms. The summed E-state index contributed by atoms with van der Waals surface area (Å²) in [6, 6.07) is 13.1. The summed E-state index contributed by atoms with van der Waals surface area (Å²) in [7, 11) is -2.00. The predicted octanol–water partition coefficient (Wildman–Crippen LogP) is 1.64. The van der Waals surface area contributed by atoms with Crippen LogP contribution in [0.3, 0.4) is 0 Å². The van der Waals surface area contributed by atoms with Gasteiger partial charge in [-0.3, -0.25) is 4.79 Å². The first-order valence-corrected chi connectivity index (χ1v) is 10.5. The van der Waals surface area contributed by atoms with Crippen molar-refractivity contribution in [3.05, 3.63) is 54.1 Å². The molecule has 0 saturated carbocycles. The van der Waals surface area contributed by atoms with Gasteiger partial charge in [-0.15, -0.1) is 0 Å². The van der Waals surface area contributed by atoms with Crippen LogP contribution in [0.4, 0.5) is 0 Å². The van der Waals surface area contributed by atoms with Gasteiger partial charge in [0, 0.05) is 13.1 Å². The molecule has 0 radical (unpaired) electrons. The zero-order valence-electron chi connectivity index (χ0n) is 15.6. The Balaban J connectivity index is 1.57. The average Bonchev–Trinajstić information content (AvgIpc) is 3.23. The number of benzene rings is 2. The molecule has 1 amide bonds. The summed E-state index contributed by atoms with van der Waals surface area (Å²) in [6.45, 7) is 0.316. The lowest BCUT2D eigenvalue weighted by molar-refractivity contribution is -0.132. The van der Waals surface area contributed by atoms with Crippen LogP contribution in [-0.2, 0) is 21.2 Å². The molecule has 3 rings (SSSR count). The summed E-state index contributed by atoms with van der Waals surface area (Å²) < 4.78 is 36.2. The lowest BCUT2D eigenvalue weighted by Crippen LogP contribution is -2.35. The smallest absolute Gasteiger partial charge is 0.260 e.